The zero-order chi connectivity index (χ0) is 10.8. The van der Waals surface area contributed by atoms with Gasteiger partial charge in [0.1, 0.15) is 0 Å². The molecule has 1 atom stereocenters. The van der Waals surface area contributed by atoms with Gasteiger partial charge in [-0.25, -0.2) is 0 Å². The smallest absolute Gasteiger partial charge is 0.0931 e. The van der Waals surface area contributed by atoms with E-state index in [0.717, 1.165) is 10.8 Å². The van der Waals surface area contributed by atoms with E-state index < -0.39 is 0 Å². The highest BCUT2D eigenvalue weighted by molar-refractivity contribution is 9.09. The highest BCUT2D eigenvalue weighted by atomic mass is 79.9. The van der Waals surface area contributed by atoms with Gasteiger partial charge in [0.25, 0.3) is 0 Å². The summed E-state index contributed by atoms with van der Waals surface area (Å²) >= 11 is 13.1. The van der Waals surface area contributed by atoms with Crippen LogP contribution >= 0.6 is 50.2 Å². The van der Waals surface area contributed by atoms with Gasteiger partial charge in [-0.2, -0.15) is 0 Å². The first kappa shape index (κ1) is 11.6. The summed E-state index contributed by atoms with van der Waals surface area (Å²) in [5.41, 5.74) is 0. The average Bonchev–Trinajstić information content (AvgIpc) is 2.84. The van der Waals surface area contributed by atoms with Crippen molar-refractivity contribution in [1.29, 1.82) is 0 Å². The lowest BCUT2D eigenvalue weighted by molar-refractivity contribution is 1.19. The Morgan fingerprint density at radius 3 is 2.40 bits per heavy atom. The van der Waals surface area contributed by atoms with E-state index in [1.54, 1.807) is 11.3 Å². The molecule has 4 heteroatoms. The van der Waals surface area contributed by atoms with Crippen LogP contribution in [0.2, 0.25) is 4.34 Å². The summed E-state index contributed by atoms with van der Waals surface area (Å²) in [6, 6.07) is 8.42. The first-order chi connectivity index (χ1) is 7.20. The Hall–Kier alpha value is 0.170. The Bertz CT molecular complexity index is 447. The monoisotopic (exact) mass is 320 g/mol. The number of halogens is 2. The van der Waals surface area contributed by atoms with E-state index in [1.165, 1.54) is 14.6 Å². The molecule has 15 heavy (non-hydrogen) atoms. The lowest BCUT2D eigenvalue weighted by Gasteiger charge is -2.03. The zero-order valence-corrected chi connectivity index (χ0v) is 12.1. The summed E-state index contributed by atoms with van der Waals surface area (Å²) in [7, 11) is 0. The van der Waals surface area contributed by atoms with Crippen LogP contribution in [-0.4, -0.2) is 0 Å². The van der Waals surface area contributed by atoms with Crippen molar-refractivity contribution in [2.75, 3.05) is 0 Å². The standard InChI is InChI=1S/C11H10BrClS2/c1-2-7-3-4-8(14-7)11(12)9-5-6-10(13)15-9/h3-6,11H,2H2,1H3. The summed E-state index contributed by atoms with van der Waals surface area (Å²) < 4.78 is 0.849. The topological polar surface area (TPSA) is 0 Å². The fourth-order valence-electron chi connectivity index (χ4n) is 1.33. The SMILES string of the molecule is CCc1ccc(C(Br)c2ccc(Cl)s2)s1. The summed E-state index contributed by atoms with van der Waals surface area (Å²) in [6.45, 7) is 2.18. The number of hydrogen-bond acceptors (Lipinski definition) is 2. The second-order valence-corrected chi connectivity index (χ2v) is 7.02. The Kier molecular flexibility index (Phi) is 3.88. The highest BCUT2D eigenvalue weighted by Crippen LogP contribution is 2.39. The van der Waals surface area contributed by atoms with E-state index in [-0.39, 0.29) is 0 Å². The largest absolute Gasteiger partial charge is 0.144 e. The summed E-state index contributed by atoms with van der Waals surface area (Å²) in [5.74, 6) is 0. The Morgan fingerprint density at radius 1 is 1.20 bits per heavy atom. The van der Waals surface area contributed by atoms with Gasteiger partial charge in [-0.05, 0) is 30.7 Å². The molecule has 0 saturated carbocycles. The van der Waals surface area contributed by atoms with Crippen LogP contribution in [0.1, 0.15) is 26.4 Å². The van der Waals surface area contributed by atoms with Gasteiger partial charge in [0.15, 0.2) is 0 Å². The molecule has 0 saturated heterocycles. The predicted molar refractivity (Wildman–Crippen MR) is 73.8 cm³/mol. The van der Waals surface area contributed by atoms with Crippen molar-refractivity contribution in [1.82, 2.24) is 0 Å². The average molecular weight is 322 g/mol. The van der Waals surface area contributed by atoms with E-state index in [9.17, 15) is 0 Å². The molecule has 2 heterocycles. The quantitative estimate of drug-likeness (QED) is 0.654. The van der Waals surface area contributed by atoms with Crippen molar-refractivity contribution >= 4 is 50.2 Å². The van der Waals surface area contributed by atoms with Crippen LogP contribution in [0.15, 0.2) is 24.3 Å². The maximum Gasteiger partial charge on any atom is 0.0931 e. The summed E-state index contributed by atoms with van der Waals surface area (Å²) in [4.78, 5) is 4.34. The molecule has 0 amide bonds. The van der Waals surface area contributed by atoms with Crippen molar-refractivity contribution in [2.45, 2.75) is 18.2 Å². The Labute approximate surface area is 111 Å². The maximum atomic E-state index is 5.93. The minimum absolute atomic E-state index is 0.292. The summed E-state index contributed by atoms with van der Waals surface area (Å²) in [6.07, 6.45) is 1.11. The third-order valence-corrected chi connectivity index (χ3v) is 6.31. The van der Waals surface area contributed by atoms with E-state index in [2.05, 4.69) is 41.1 Å². The van der Waals surface area contributed by atoms with Crippen molar-refractivity contribution in [2.24, 2.45) is 0 Å². The van der Waals surface area contributed by atoms with Gasteiger partial charge in [0.05, 0.1) is 9.16 Å². The molecular formula is C11H10BrClS2. The van der Waals surface area contributed by atoms with Gasteiger partial charge < -0.3 is 0 Å². The first-order valence-corrected chi connectivity index (χ1v) is 7.61. The number of rotatable bonds is 3. The summed E-state index contributed by atoms with van der Waals surface area (Å²) in [5, 5.41) is 0. The normalized spacial score (nSPS) is 13.0. The molecule has 0 aliphatic rings. The van der Waals surface area contributed by atoms with E-state index in [4.69, 9.17) is 11.6 Å². The maximum absolute atomic E-state index is 5.93. The fourth-order valence-corrected chi connectivity index (χ4v) is 4.27. The van der Waals surface area contributed by atoms with Gasteiger partial charge >= 0.3 is 0 Å². The number of thiophene rings is 2. The third-order valence-electron chi connectivity index (χ3n) is 2.12. The van der Waals surface area contributed by atoms with Crippen molar-refractivity contribution < 1.29 is 0 Å². The molecule has 0 radical (unpaired) electrons. The van der Waals surface area contributed by atoms with Crippen LogP contribution in [0.25, 0.3) is 0 Å². The minimum Gasteiger partial charge on any atom is -0.144 e. The molecule has 0 aromatic carbocycles. The molecule has 80 valence electrons. The molecular weight excluding hydrogens is 312 g/mol. The van der Waals surface area contributed by atoms with Gasteiger partial charge in [-0.1, -0.05) is 34.5 Å². The van der Waals surface area contributed by atoms with E-state index in [0.29, 0.717) is 4.83 Å². The molecule has 0 spiro atoms. The molecule has 2 aromatic heterocycles. The van der Waals surface area contributed by atoms with Crippen LogP contribution in [0.5, 0.6) is 0 Å². The van der Waals surface area contributed by atoms with Gasteiger partial charge in [-0.3, -0.25) is 0 Å². The number of hydrogen-bond donors (Lipinski definition) is 0. The third kappa shape index (κ3) is 2.64. The molecule has 0 aliphatic carbocycles. The molecule has 1 unspecified atom stereocenters. The van der Waals surface area contributed by atoms with Crippen molar-refractivity contribution in [3.05, 3.63) is 43.2 Å². The van der Waals surface area contributed by atoms with Crippen LogP contribution in [0.4, 0.5) is 0 Å². The van der Waals surface area contributed by atoms with Gasteiger partial charge in [0.2, 0.25) is 0 Å². The molecule has 0 bridgehead atoms. The fraction of sp³-hybridized carbons (Fsp3) is 0.273. The lowest BCUT2D eigenvalue weighted by atomic mass is 10.3. The second-order valence-electron chi connectivity index (χ2n) is 3.16. The van der Waals surface area contributed by atoms with Crippen LogP contribution in [-0.2, 0) is 6.42 Å². The van der Waals surface area contributed by atoms with Crippen molar-refractivity contribution in [3.8, 4) is 0 Å². The second kappa shape index (κ2) is 5.00. The molecule has 0 N–H and O–H groups in total. The Morgan fingerprint density at radius 2 is 1.87 bits per heavy atom. The lowest BCUT2D eigenvalue weighted by Crippen LogP contribution is -1.83. The van der Waals surface area contributed by atoms with Crippen LogP contribution in [0.3, 0.4) is 0 Å². The molecule has 2 rings (SSSR count). The molecule has 0 aliphatic heterocycles. The van der Waals surface area contributed by atoms with E-state index >= 15 is 0 Å². The number of aryl methyl sites for hydroxylation is 1. The van der Waals surface area contributed by atoms with Gasteiger partial charge in [-0.15, -0.1) is 22.7 Å². The zero-order valence-electron chi connectivity index (χ0n) is 8.17. The molecule has 0 nitrogen and oxygen atoms in total. The van der Waals surface area contributed by atoms with Gasteiger partial charge in [0, 0.05) is 14.6 Å². The minimum atomic E-state index is 0.292. The van der Waals surface area contributed by atoms with E-state index in [1.807, 2.05) is 17.4 Å². The number of alkyl halides is 1. The Balaban J connectivity index is 2.23. The van der Waals surface area contributed by atoms with Crippen LogP contribution in [0, 0.1) is 0 Å². The highest BCUT2D eigenvalue weighted by Gasteiger charge is 2.14. The first-order valence-electron chi connectivity index (χ1n) is 4.68. The van der Waals surface area contributed by atoms with Crippen molar-refractivity contribution in [3.63, 3.8) is 0 Å². The van der Waals surface area contributed by atoms with Crippen LogP contribution < -0.4 is 0 Å². The molecule has 2 aromatic rings. The molecule has 0 fully saturated rings. The predicted octanol–water partition coefficient (Wildman–Crippen LogP) is 5.51.